The second-order valence-electron chi connectivity index (χ2n) is 14.1. The molecule has 1 N–H and O–H groups in total. The van der Waals surface area contributed by atoms with Crippen LogP contribution in [0.4, 0.5) is 11.5 Å². The van der Waals surface area contributed by atoms with Crippen molar-refractivity contribution in [1.29, 1.82) is 5.26 Å². The molecule has 2 bridgehead atoms. The number of carbonyl (C=O) groups is 1. The summed E-state index contributed by atoms with van der Waals surface area (Å²) in [5, 5.41) is 15.9. The molecule has 0 spiro atoms. The largest absolute Gasteiger partial charge is 0.461 e. The Morgan fingerprint density at radius 1 is 1.09 bits per heavy atom. The molecular weight excluding hydrogens is 588 g/mol. The Labute approximate surface area is 277 Å². The maximum absolute atomic E-state index is 12.7. The zero-order chi connectivity index (χ0) is 32.1. The quantitative estimate of drug-likeness (QED) is 0.370. The van der Waals surface area contributed by atoms with E-state index in [9.17, 15) is 10.1 Å². The lowest BCUT2D eigenvalue weighted by molar-refractivity contribution is -0.128. The molecule has 2 aromatic carbocycles. The van der Waals surface area contributed by atoms with Crippen LogP contribution >= 0.6 is 0 Å². The minimum atomic E-state index is -0.231. The van der Waals surface area contributed by atoms with Crippen LogP contribution in [0, 0.1) is 18.3 Å². The highest BCUT2D eigenvalue weighted by Crippen LogP contribution is 2.44. The van der Waals surface area contributed by atoms with Crippen LogP contribution in [0.25, 0.3) is 10.8 Å². The van der Waals surface area contributed by atoms with E-state index in [4.69, 9.17) is 14.7 Å². The van der Waals surface area contributed by atoms with Gasteiger partial charge in [0.1, 0.15) is 12.4 Å². The van der Waals surface area contributed by atoms with E-state index in [1.807, 2.05) is 0 Å². The molecule has 10 heteroatoms. The predicted octanol–water partition coefficient (Wildman–Crippen LogP) is 3.97. The van der Waals surface area contributed by atoms with Gasteiger partial charge in [-0.15, -0.1) is 0 Å². The smallest absolute Gasteiger partial charge is 0.318 e. The van der Waals surface area contributed by atoms with Gasteiger partial charge in [-0.25, -0.2) is 0 Å². The Hall–Kier alpha value is -4.20. The summed E-state index contributed by atoms with van der Waals surface area (Å²) in [7, 11) is 0. The van der Waals surface area contributed by atoms with Crippen molar-refractivity contribution in [2.24, 2.45) is 0 Å². The lowest BCUT2D eigenvalue weighted by atomic mass is 9.99. The zero-order valence-electron chi connectivity index (χ0n) is 27.3. The molecule has 1 amide bonds. The number of anilines is 2. The number of hydrogen-bond acceptors (Lipinski definition) is 9. The van der Waals surface area contributed by atoms with E-state index in [1.165, 1.54) is 40.9 Å². The Kier molecular flexibility index (Phi) is 7.77. The molecule has 2 unspecified atom stereocenters. The first-order chi connectivity index (χ1) is 22.9. The SMILES string of the molecule is C=CC(=O)N1CCN(c2nc(OCC3(N4CC5CCC(C4)N5)CC3)nc3c2CCN(c2cccc4cccc(C)c24)C3)C[C@@H]1CC#N. The number of carbonyl (C=O) groups excluding carboxylic acids is 1. The monoisotopic (exact) mass is 632 g/mol. The van der Waals surface area contributed by atoms with Crippen molar-refractivity contribution < 1.29 is 9.53 Å². The standard InChI is InChI=1S/C37H44N8O2/c1-3-33(46)45-19-18-43(22-29(45)12-16-38)35-30-13-17-42(32-9-5-8-26-7-4-6-25(2)34(26)32)23-31(30)40-36(41-35)47-24-37(14-15-37)44-20-27-10-11-28(21-44)39-27/h3-9,27-29,39H,1,10-15,17-24H2,2H3/t27?,28?,29-/m0/s1. The first-order valence-electron chi connectivity index (χ1n) is 17.3. The molecule has 1 aromatic heterocycles. The number of nitrogens with one attached hydrogen (secondary N) is 1. The molecule has 4 fully saturated rings. The first-order valence-corrected chi connectivity index (χ1v) is 17.3. The normalized spacial score (nSPS) is 24.9. The minimum Gasteiger partial charge on any atom is -0.461 e. The van der Waals surface area contributed by atoms with Gasteiger partial charge in [0, 0.05) is 68.0 Å². The van der Waals surface area contributed by atoms with Crippen LogP contribution in [0.5, 0.6) is 6.01 Å². The molecule has 1 aliphatic carbocycles. The van der Waals surface area contributed by atoms with Crippen LogP contribution in [-0.2, 0) is 17.8 Å². The molecule has 5 heterocycles. The van der Waals surface area contributed by atoms with Gasteiger partial charge in [0.2, 0.25) is 5.91 Å². The van der Waals surface area contributed by atoms with Gasteiger partial charge in [0.15, 0.2) is 0 Å². The molecule has 244 valence electrons. The molecule has 8 rings (SSSR count). The van der Waals surface area contributed by atoms with Crippen LogP contribution in [0.15, 0.2) is 49.1 Å². The molecule has 1 saturated carbocycles. The van der Waals surface area contributed by atoms with Crippen molar-refractivity contribution in [3.8, 4) is 12.1 Å². The first kappa shape index (κ1) is 30.2. The highest BCUT2D eigenvalue weighted by Gasteiger charge is 2.52. The number of nitrogens with zero attached hydrogens (tertiary/aromatic N) is 7. The van der Waals surface area contributed by atoms with E-state index in [1.54, 1.807) is 4.90 Å². The zero-order valence-corrected chi connectivity index (χ0v) is 27.3. The number of likely N-dealkylation sites (tertiary alicyclic amines) is 1. The Balaban J connectivity index is 1.11. The number of amides is 1. The third-order valence-corrected chi connectivity index (χ3v) is 11.2. The Bertz CT molecular complexity index is 1730. The van der Waals surface area contributed by atoms with E-state index in [0.29, 0.717) is 50.9 Å². The van der Waals surface area contributed by atoms with E-state index in [0.717, 1.165) is 56.0 Å². The third kappa shape index (κ3) is 5.59. The van der Waals surface area contributed by atoms with Gasteiger partial charge in [0.05, 0.1) is 36.3 Å². The molecule has 0 radical (unpaired) electrons. The van der Waals surface area contributed by atoms with Crippen molar-refractivity contribution in [2.75, 3.05) is 55.7 Å². The molecule has 3 aromatic rings. The molecule has 47 heavy (non-hydrogen) atoms. The number of nitriles is 1. The number of hydrogen-bond donors (Lipinski definition) is 1. The third-order valence-electron chi connectivity index (χ3n) is 11.2. The van der Waals surface area contributed by atoms with E-state index in [2.05, 4.69) is 76.0 Å². The second-order valence-corrected chi connectivity index (χ2v) is 14.1. The fourth-order valence-electron chi connectivity index (χ4n) is 8.50. The molecule has 5 aliphatic rings. The van der Waals surface area contributed by atoms with Crippen molar-refractivity contribution >= 4 is 28.2 Å². The summed E-state index contributed by atoms with van der Waals surface area (Å²) < 4.78 is 6.60. The number of benzene rings is 2. The maximum Gasteiger partial charge on any atom is 0.318 e. The van der Waals surface area contributed by atoms with Gasteiger partial charge in [-0.1, -0.05) is 36.9 Å². The van der Waals surface area contributed by atoms with E-state index in [-0.39, 0.29) is 23.9 Å². The number of ether oxygens (including phenoxy) is 1. The summed E-state index contributed by atoms with van der Waals surface area (Å²) in [6, 6.07) is 16.7. The second kappa shape index (κ2) is 12.1. The highest BCUT2D eigenvalue weighted by atomic mass is 16.5. The van der Waals surface area contributed by atoms with Gasteiger partial charge in [-0.2, -0.15) is 15.2 Å². The molecule has 4 aliphatic heterocycles. The van der Waals surface area contributed by atoms with Crippen LogP contribution in [-0.4, -0.2) is 95.2 Å². The number of fused-ring (bicyclic) bond motifs is 4. The van der Waals surface area contributed by atoms with Gasteiger partial charge in [-0.05, 0) is 62.1 Å². The van der Waals surface area contributed by atoms with Crippen LogP contribution in [0.3, 0.4) is 0 Å². The maximum atomic E-state index is 12.7. The summed E-state index contributed by atoms with van der Waals surface area (Å²) >= 11 is 0. The average Bonchev–Trinajstić information content (AvgIpc) is 3.82. The summed E-state index contributed by atoms with van der Waals surface area (Å²) in [4.78, 5) is 32.0. The fraction of sp³-hybridized carbons (Fsp3) is 0.514. The van der Waals surface area contributed by atoms with Gasteiger partial charge in [-0.3, -0.25) is 9.69 Å². The number of aryl methyl sites for hydroxylation is 1. The fourth-order valence-corrected chi connectivity index (χ4v) is 8.50. The van der Waals surface area contributed by atoms with Gasteiger partial charge >= 0.3 is 6.01 Å². The number of rotatable bonds is 8. The van der Waals surface area contributed by atoms with E-state index >= 15 is 0 Å². The van der Waals surface area contributed by atoms with Crippen LogP contribution in [0.2, 0.25) is 0 Å². The van der Waals surface area contributed by atoms with Crippen LogP contribution < -0.4 is 19.9 Å². The van der Waals surface area contributed by atoms with Gasteiger partial charge < -0.3 is 24.8 Å². The number of piperazine rings is 2. The van der Waals surface area contributed by atoms with Crippen molar-refractivity contribution in [3.63, 3.8) is 0 Å². The molecule has 10 nitrogen and oxygen atoms in total. The molecular formula is C37H44N8O2. The van der Waals surface area contributed by atoms with Crippen LogP contribution in [0.1, 0.15) is 48.9 Å². The predicted molar refractivity (Wildman–Crippen MR) is 183 cm³/mol. The average molecular weight is 633 g/mol. The van der Waals surface area contributed by atoms with Crippen molar-refractivity contribution in [1.82, 2.24) is 25.1 Å². The topological polar surface area (TPSA) is 101 Å². The Morgan fingerprint density at radius 3 is 2.62 bits per heavy atom. The summed E-state index contributed by atoms with van der Waals surface area (Å²) in [5.74, 6) is 0.758. The minimum absolute atomic E-state index is 0.0729. The lowest BCUT2D eigenvalue weighted by Crippen LogP contribution is -2.57. The van der Waals surface area contributed by atoms with Crippen molar-refractivity contribution in [2.45, 2.75) is 75.7 Å². The summed E-state index contributed by atoms with van der Waals surface area (Å²) in [6.07, 6.45) is 7.23. The number of aromatic nitrogens is 2. The lowest BCUT2D eigenvalue weighted by Gasteiger charge is -2.42. The molecule has 3 saturated heterocycles. The highest BCUT2D eigenvalue weighted by molar-refractivity contribution is 5.97. The Morgan fingerprint density at radius 2 is 1.87 bits per heavy atom. The summed E-state index contributed by atoms with van der Waals surface area (Å²) in [6.45, 7) is 11.8. The van der Waals surface area contributed by atoms with Gasteiger partial charge in [0.25, 0.3) is 0 Å². The summed E-state index contributed by atoms with van der Waals surface area (Å²) in [5.41, 5.74) is 4.70. The molecule has 3 atom stereocenters. The van der Waals surface area contributed by atoms with E-state index < -0.39 is 0 Å². The van der Waals surface area contributed by atoms with Crippen molar-refractivity contribution in [3.05, 3.63) is 65.9 Å².